The first-order valence-electron chi connectivity index (χ1n) is 8.72. The Hall–Kier alpha value is -3.10. The zero-order chi connectivity index (χ0) is 21.9. The van der Waals surface area contributed by atoms with Crippen LogP contribution >= 0.6 is 11.6 Å². The largest absolute Gasteiger partial charge is 0.497 e. The smallest absolute Gasteiger partial charge is 0.267 e. The van der Waals surface area contributed by atoms with Crippen molar-refractivity contribution in [3.63, 3.8) is 0 Å². The van der Waals surface area contributed by atoms with Gasteiger partial charge in [-0.1, -0.05) is 23.7 Å². The fourth-order valence-corrected chi connectivity index (χ4v) is 4.19. The number of carbonyl (C=O) groups is 1. The van der Waals surface area contributed by atoms with Crippen LogP contribution in [-0.4, -0.2) is 28.5 Å². The molecule has 0 aliphatic carbocycles. The topological polar surface area (TPSA) is 75.7 Å². The van der Waals surface area contributed by atoms with Gasteiger partial charge in [0.1, 0.15) is 16.5 Å². The third kappa shape index (κ3) is 4.39. The Kier molecular flexibility index (Phi) is 6.28. The monoisotopic (exact) mass is 448 g/mol. The predicted molar refractivity (Wildman–Crippen MR) is 114 cm³/mol. The first kappa shape index (κ1) is 21.6. The molecule has 156 valence electrons. The Bertz CT molecular complexity index is 1180. The summed E-state index contributed by atoms with van der Waals surface area (Å²) in [5.74, 6) is -0.867. The number of carbonyl (C=O) groups excluding carboxylic acids is 1. The summed E-state index contributed by atoms with van der Waals surface area (Å²) in [4.78, 5) is 12.3. The Labute approximate surface area is 178 Å². The summed E-state index contributed by atoms with van der Waals surface area (Å²) in [6.07, 6.45) is 0. The third-order valence-electron chi connectivity index (χ3n) is 4.37. The zero-order valence-corrected chi connectivity index (χ0v) is 17.7. The summed E-state index contributed by atoms with van der Waals surface area (Å²) in [6, 6.07) is 16.1. The molecule has 0 aromatic heterocycles. The van der Waals surface area contributed by atoms with Crippen molar-refractivity contribution in [1.29, 1.82) is 0 Å². The normalized spacial score (nSPS) is 11.1. The van der Waals surface area contributed by atoms with E-state index in [4.69, 9.17) is 16.3 Å². The standard InChI is InChI=1S/C21H18ClFN2O4S/c1-25(30(27,28)20-12-7-14(22)13-18(20)23)19-6-4-3-5-17(19)21(26)24-15-8-10-16(29-2)11-9-15/h3-13H,1-2H3,(H,24,26). The number of ether oxygens (including phenoxy) is 1. The Morgan fingerprint density at radius 3 is 2.37 bits per heavy atom. The highest BCUT2D eigenvalue weighted by atomic mass is 35.5. The number of hydrogen-bond donors (Lipinski definition) is 1. The molecule has 30 heavy (non-hydrogen) atoms. The molecule has 0 unspecified atom stereocenters. The van der Waals surface area contributed by atoms with Crippen molar-refractivity contribution in [2.45, 2.75) is 4.90 Å². The molecule has 3 aromatic rings. The molecule has 1 N–H and O–H groups in total. The first-order chi connectivity index (χ1) is 14.2. The van der Waals surface area contributed by atoms with Gasteiger partial charge in [-0.2, -0.15) is 0 Å². The van der Waals surface area contributed by atoms with Crippen molar-refractivity contribution in [1.82, 2.24) is 0 Å². The highest BCUT2D eigenvalue weighted by Gasteiger charge is 2.27. The van der Waals surface area contributed by atoms with Crippen molar-refractivity contribution in [2.75, 3.05) is 23.8 Å². The van der Waals surface area contributed by atoms with E-state index in [2.05, 4.69) is 5.32 Å². The highest BCUT2D eigenvalue weighted by Crippen LogP contribution is 2.29. The molecule has 0 fully saturated rings. The number of benzene rings is 3. The lowest BCUT2D eigenvalue weighted by atomic mass is 10.1. The quantitative estimate of drug-likeness (QED) is 0.599. The average Bonchev–Trinajstić information content (AvgIpc) is 2.73. The highest BCUT2D eigenvalue weighted by molar-refractivity contribution is 7.92. The minimum absolute atomic E-state index is 0.0772. The van der Waals surface area contributed by atoms with Crippen LogP contribution in [0.4, 0.5) is 15.8 Å². The third-order valence-corrected chi connectivity index (χ3v) is 6.41. The van der Waals surface area contributed by atoms with Gasteiger partial charge < -0.3 is 10.1 Å². The summed E-state index contributed by atoms with van der Waals surface area (Å²) in [7, 11) is -1.49. The maximum Gasteiger partial charge on any atom is 0.267 e. The molecule has 1 amide bonds. The van der Waals surface area contributed by atoms with Crippen LogP contribution in [0.25, 0.3) is 0 Å². The lowest BCUT2D eigenvalue weighted by Gasteiger charge is -2.22. The fraction of sp³-hybridized carbons (Fsp3) is 0.0952. The second kappa shape index (κ2) is 8.73. The Morgan fingerprint density at radius 1 is 1.07 bits per heavy atom. The van der Waals surface area contributed by atoms with Crippen molar-refractivity contribution in [3.8, 4) is 5.75 Å². The molecule has 0 spiro atoms. The second-order valence-corrected chi connectivity index (χ2v) is 8.62. The molecule has 0 aliphatic heterocycles. The number of methoxy groups -OCH3 is 1. The van der Waals surface area contributed by atoms with Crippen LogP contribution < -0.4 is 14.4 Å². The van der Waals surface area contributed by atoms with E-state index in [0.29, 0.717) is 11.4 Å². The number of nitrogens with one attached hydrogen (secondary N) is 1. The van der Waals surface area contributed by atoms with Crippen LogP contribution in [0, 0.1) is 5.82 Å². The van der Waals surface area contributed by atoms with Crippen LogP contribution in [0.15, 0.2) is 71.6 Å². The molecule has 0 heterocycles. The van der Waals surface area contributed by atoms with Gasteiger partial charge in [0, 0.05) is 17.8 Å². The molecule has 3 rings (SSSR count). The van der Waals surface area contributed by atoms with Gasteiger partial charge in [0.15, 0.2) is 0 Å². The molecule has 0 saturated carbocycles. The van der Waals surface area contributed by atoms with E-state index in [1.165, 1.54) is 32.4 Å². The number of nitrogens with zero attached hydrogens (tertiary/aromatic N) is 1. The molecular formula is C21H18ClFN2O4S. The second-order valence-electron chi connectivity index (χ2n) is 6.25. The van der Waals surface area contributed by atoms with Crippen LogP contribution in [-0.2, 0) is 10.0 Å². The molecule has 3 aromatic carbocycles. The number of rotatable bonds is 6. The molecule has 0 radical (unpaired) electrons. The summed E-state index contributed by atoms with van der Waals surface area (Å²) in [5, 5.41) is 2.78. The lowest BCUT2D eigenvalue weighted by molar-refractivity contribution is 0.102. The number of anilines is 2. The molecule has 0 aliphatic rings. The lowest BCUT2D eigenvalue weighted by Crippen LogP contribution is -2.29. The van der Waals surface area contributed by atoms with Crippen molar-refractivity contribution in [2.24, 2.45) is 0 Å². The van der Waals surface area contributed by atoms with Gasteiger partial charge in [-0.15, -0.1) is 0 Å². The molecule has 0 atom stereocenters. The number of sulfonamides is 1. The van der Waals surface area contributed by atoms with Gasteiger partial charge in [-0.25, -0.2) is 12.8 Å². The summed E-state index contributed by atoms with van der Waals surface area (Å²) in [5.41, 5.74) is 0.705. The van der Waals surface area contributed by atoms with E-state index in [1.54, 1.807) is 36.4 Å². The van der Waals surface area contributed by atoms with Gasteiger partial charge >= 0.3 is 0 Å². The maximum atomic E-state index is 14.3. The number of halogens is 2. The van der Waals surface area contributed by atoms with E-state index in [-0.39, 0.29) is 16.3 Å². The van der Waals surface area contributed by atoms with Crippen LogP contribution in [0.5, 0.6) is 5.75 Å². The minimum atomic E-state index is -4.27. The van der Waals surface area contributed by atoms with Crippen molar-refractivity contribution < 1.29 is 22.3 Å². The number of para-hydroxylation sites is 1. The Morgan fingerprint density at radius 2 is 1.73 bits per heavy atom. The summed E-state index contributed by atoms with van der Waals surface area (Å²) >= 11 is 5.72. The van der Waals surface area contributed by atoms with E-state index in [1.807, 2.05) is 0 Å². The Balaban J connectivity index is 1.94. The summed E-state index contributed by atoms with van der Waals surface area (Å²) < 4.78 is 46.1. The number of hydrogen-bond acceptors (Lipinski definition) is 4. The molecule has 9 heteroatoms. The first-order valence-corrected chi connectivity index (χ1v) is 10.5. The fourth-order valence-electron chi connectivity index (χ4n) is 2.77. The van der Waals surface area contributed by atoms with Gasteiger partial charge in [-0.05, 0) is 54.6 Å². The minimum Gasteiger partial charge on any atom is -0.497 e. The van der Waals surface area contributed by atoms with Gasteiger partial charge in [0.25, 0.3) is 15.9 Å². The van der Waals surface area contributed by atoms with Crippen molar-refractivity contribution in [3.05, 3.63) is 83.1 Å². The molecular weight excluding hydrogens is 431 g/mol. The zero-order valence-electron chi connectivity index (χ0n) is 16.1. The van der Waals surface area contributed by atoms with Crippen LogP contribution in [0.2, 0.25) is 5.02 Å². The van der Waals surface area contributed by atoms with E-state index < -0.39 is 26.6 Å². The van der Waals surface area contributed by atoms with E-state index >= 15 is 0 Å². The van der Waals surface area contributed by atoms with E-state index in [0.717, 1.165) is 16.4 Å². The molecule has 0 bridgehead atoms. The number of amides is 1. The van der Waals surface area contributed by atoms with Crippen LogP contribution in [0.3, 0.4) is 0 Å². The van der Waals surface area contributed by atoms with E-state index in [9.17, 15) is 17.6 Å². The summed E-state index contributed by atoms with van der Waals surface area (Å²) in [6.45, 7) is 0. The van der Waals surface area contributed by atoms with Gasteiger partial charge in [0.2, 0.25) is 0 Å². The predicted octanol–water partition coefficient (Wildman–Crippen LogP) is 4.57. The molecule has 0 saturated heterocycles. The van der Waals surface area contributed by atoms with Gasteiger partial charge in [-0.3, -0.25) is 9.10 Å². The molecule has 6 nitrogen and oxygen atoms in total. The SMILES string of the molecule is COc1ccc(NC(=O)c2ccccc2N(C)S(=O)(=O)c2ccc(Cl)cc2F)cc1. The maximum absolute atomic E-state index is 14.3. The van der Waals surface area contributed by atoms with Crippen LogP contribution in [0.1, 0.15) is 10.4 Å². The van der Waals surface area contributed by atoms with Gasteiger partial charge in [0.05, 0.1) is 18.4 Å². The average molecular weight is 449 g/mol. The van der Waals surface area contributed by atoms with Crippen molar-refractivity contribution >= 4 is 38.9 Å².